The van der Waals surface area contributed by atoms with E-state index in [1.165, 1.54) is 12.1 Å². The quantitative estimate of drug-likeness (QED) is 0.571. The molecule has 4 nitrogen and oxygen atoms in total. The molecule has 0 aromatic heterocycles. The molecule has 0 fully saturated rings. The molecule has 0 aliphatic rings. The highest BCUT2D eigenvalue weighted by atomic mass is 16.3. The Morgan fingerprint density at radius 2 is 1.04 bits per heavy atom. The zero-order valence-corrected chi connectivity index (χ0v) is 15.4. The van der Waals surface area contributed by atoms with Crippen molar-refractivity contribution in [3.63, 3.8) is 0 Å². The van der Waals surface area contributed by atoms with Crippen LogP contribution in [0.25, 0.3) is 0 Å². The summed E-state index contributed by atoms with van der Waals surface area (Å²) < 4.78 is 0. The third-order valence-corrected chi connectivity index (χ3v) is 4.87. The maximum absolute atomic E-state index is 10.4. The number of phenolic OH excluding ortho intramolecular Hbond substituents is 4. The van der Waals surface area contributed by atoms with Crippen LogP contribution in [0, 0.1) is 0 Å². The summed E-state index contributed by atoms with van der Waals surface area (Å²) >= 11 is 0. The number of benzene rings is 2. The van der Waals surface area contributed by atoms with Gasteiger partial charge in [0, 0.05) is 16.5 Å². The summed E-state index contributed by atoms with van der Waals surface area (Å²) in [6.45, 7) is 8.11. The Hall–Kier alpha value is -2.36. The third kappa shape index (κ3) is 3.39. The van der Waals surface area contributed by atoms with Crippen LogP contribution in [0.5, 0.6) is 23.0 Å². The minimum atomic E-state index is -0.509. The van der Waals surface area contributed by atoms with Gasteiger partial charge in [-0.3, -0.25) is 0 Å². The van der Waals surface area contributed by atoms with E-state index in [1.54, 1.807) is 0 Å². The summed E-state index contributed by atoms with van der Waals surface area (Å²) in [5, 5.41) is 40.5. The van der Waals surface area contributed by atoms with Crippen molar-refractivity contribution in [3.05, 3.63) is 46.5 Å². The molecule has 0 unspecified atom stereocenters. The van der Waals surface area contributed by atoms with Crippen LogP contribution in [0.15, 0.2) is 24.3 Å². The van der Waals surface area contributed by atoms with Crippen LogP contribution in [0.2, 0.25) is 0 Å². The Labute approximate surface area is 149 Å². The molecule has 0 saturated carbocycles. The Morgan fingerprint density at radius 1 is 0.680 bits per heavy atom. The largest absolute Gasteiger partial charge is 0.504 e. The predicted molar refractivity (Wildman–Crippen MR) is 99.7 cm³/mol. The Bertz CT molecular complexity index is 699. The highest BCUT2D eigenvalue weighted by Crippen LogP contribution is 2.45. The first-order valence-corrected chi connectivity index (χ1v) is 8.84. The number of phenols is 4. The van der Waals surface area contributed by atoms with Gasteiger partial charge in [0.25, 0.3) is 0 Å². The summed E-state index contributed by atoms with van der Waals surface area (Å²) in [7, 11) is 0. The lowest BCUT2D eigenvalue weighted by molar-refractivity contribution is 0.394. The van der Waals surface area contributed by atoms with E-state index < -0.39 is 5.41 Å². The normalized spacial score (nSPS) is 11.7. The molecule has 0 radical (unpaired) electrons. The molecule has 0 amide bonds. The van der Waals surface area contributed by atoms with Crippen LogP contribution >= 0.6 is 0 Å². The molecule has 25 heavy (non-hydrogen) atoms. The summed E-state index contributed by atoms with van der Waals surface area (Å²) in [5.41, 5.74) is 2.76. The maximum atomic E-state index is 10.4. The van der Waals surface area contributed by atoms with Crippen molar-refractivity contribution in [3.8, 4) is 23.0 Å². The average molecular weight is 344 g/mol. The van der Waals surface area contributed by atoms with Gasteiger partial charge in [0.05, 0.1) is 0 Å². The lowest BCUT2D eigenvalue weighted by Gasteiger charge is -2.31. The fraction of sp³-hybridized carbons (Fsp3) is 0.429. The summed E-state index contributed by atoms with van der Waals surface area (Å²) in [6.07, 6.45) is 2.96. The van der Waals surface area contributed by atoms with E-state index in [1.807, 2.05) is 39.8 Å². The first kappa shape index (κ1) is 19.0. The maximum Gasteiger partial charge on any atom is 0.160 e. The Balaban J connectivity index is 2.72. The van der Waals surface area contributed by atoms with Gasteiger partial charge in [-0.15, -0.1) is 0 Å². The topological polar surface area (TPSA) is 80.9 Å². The highest BCUT2D eigenvalue weighted by molar-refractivity contribution is 5.58. The molecule has 0 saturated heterocycles. The van der Waals surface area contributed by atoms with Crippen molar-refractivity contribution in [1.82, 2.24) is 0 Å². The van der Waals surface area contributed by atoms with Crippen molar-refractivity contribution in [2.75, 3.05) is 0 Å². The molecule has 0 bridgehead atoms. The molecule has 136 valence electrons. The molecule has 2 aromatic carbocycles. The van der Waals surface area contributed by atoms with E-state index in [-0.39, 0.29) is 23.0 Å². The molecule has 2 rings (SSSR count). The molecular weight excluding hydrogens is 316 g/mol. The second kappa shape index (κ2) is 7.26. The first-order valence-electron chi connectivity index (χ1n) is 8.84. The van der Waals surface area contributed by atoms with Gasteiger partial charge in [0.1, 0.15) is 0 Å². The van der Waals surface area contributed by atoms with E-state index in [4.69, 9.17) is 0 Å². The zero-order chi connectivity index (χ0) is 18.8. The molecule has 0 aliphatic carbocycles. The second-order valence-corrected chi connectivity index (χ2v) is 7.04. The van der Waals surface area contributed by atoms with Crippen molar-refractivity contribution < 1.29 is 20.4 Å². The first-order chi connectivity index (χ1) is 11.8. The van der Waals surface area contributed by atoms with Gasteiger partial charge in [0.2, 0.25) is 0 Å². The van der Waals surface area contributed by atoms with Crippen molar-refractivity contribution in [2.24, 2.45) is 0 Å². The Morgan fingerprint density at radius 3 is 1.36 bits per heavy atom. The lowest BCUT2D eigenvalue weighted by atomic mass is 9.72. The minimum Gasteiger partial charge on any atom is -0.504 e. The van der Waals surface area contributed by atoms with E-state index in [9.17, 15) is 20.4 Å². The lowest BCUT2D eigenvalue weighted by Crippen LogP contribution is -2.23. The molecule has 0 heterocycles. The molecule has 0 aliphatic heterocycles. The van der Waals surface area contributed by atoms with E-state index >= 15 is 0 Å². The van der Waals surface area contributed by atoms with Crippen LogP contribution in [-0.2, 0) is 18.3 Å². The summed E-state index contributed by atoms with van der Waals surface area (Å²) in [6, 6.07) is 6.68. The number of hydrogen-bond donors (Lipinski definition) is 4. The van der Waals surface area contributed by atoms with E-state index in [0.29, 0.717) is 12.8 Å². The van der Waals surface area contributed by atoms with Crippen LogP contribution in [-0.4, -0.2) is 20.4 Å². The zero-order valence-electron chi connectivity index (χ0n) is 15.4. The SMILES string of the molecule is CCCc1c(C(C)(C)c2ccc(O)c(O)c2CCC)ccc(O)c1O. The van der Waals surface area contributed by atoms with Gasteiger partial charge < -0.3 is 20.4 Å². The van der Waals surface area contributed by atoms with Crippen molar-refractivity contribution in [1.29, 1.82) is 0 Å². The summed E-state index contributed by atoms with van der Waals surface area (Å²) in [5.74, 6) is -0.393. The fourth-order valence-electron chi connectivity index (χ4n) is 3.57. The number of rotatable bonds is 6. The second-order valence-electron chi connectivity index (χ2n) is 7.04. The minimum absolute atomic E-state index is 0.0764. The van der Waals surface area contributed by atoms with E-state index in [0.717, 1.165) is 35.1 Å². The van der Waals surface area contributed by atoms with Crippen molar-refractivity contribution in [2.45, 2.75) is 58.8 Å². The van der Waals surface area contributed by atoms with E-state index in [2.05, 4.69) is 0 Å². The fourth-order valence-corrected chi connectivity index (χ4v) is 3.57. The van der Waals surface area contributed by atoms with Gasteiger partial charge in [0.15, 0.2) is 23.0 Å². The molecule has 0 spiro atoms. The Kier molecular flexibility index (Phi) is 5.51. The smallest absolute Gasteiger partial charge is 0.160 e. The predicted octanol–water partition coefficient (Wildman–Crippen LogP) is 4.74. The van der Waals surface area contributed by atoms with Crippen molar-refractivity contribution >= 4 is 0 Å². The third-order valence-electron chi connectivity index (χ3n) is 4.87. The molecular formula is C21H28O4. The van der Waals surface area contributed by atoms with Crippen LogP contribution in [0.4, 0.5) is 0 Å². The van der Waals surface area contributed by atoms with Crippen LogP contribution < -0.4 is 0 Å². The molecule has 4 N–H and O–H groups in total. The number of hydrogen-bond acceptors (Lipinski definition) is 4. The van der Waals surface area contributed by atoms with Gasteiger partial charge in [-0.1, -0.05) is 52.7 Å². The van der Waals surface area contributed by atoms with Gasteiger partial charge in [-0.25, -0.2) is 0 Å². The standard InChI is InChI=1S/C21H28O4/c1-5-7-13-15(9-11-17(22)19(13)24)21(3,4)16-10-12-18(23)20(25)14(16)8-6-2/h9-12,22-25H,5-8H2,1-4H3. The van der Waals surface area contributed by atoms with Crippen LogP contribution in [0.3, 0.4) is 0 Å². The number of aromatic hydroxyl groups is 4. The highest BCUT2D eigenvalue weighted by Gasteiger charge is 2.31. The van der Waals surface area contributed by atoms with Gasteiger partial charge in [-0.05, 0) is 36.1 Å². The average Bonchev–Trinajstić information content (AvgIpc) is 2.56. The molecule has 4 heteroatoms. The van der Waals surface area contributed by atoms with Gasteiger partial charge >= 0.3 is 0 Å². The monoisotopic (exact) mass is 344 g/mol. The van der Waals surface area contributed by atoms with Crippen LogP contribution in [0.1, 0.15) is 62.8 Å². The molecule has 0 atom stereocenters. The van der Waals surface area contributed by atoms with Gasteiger partial charge in [-0.2, -0.15) is 0 Å². The summed E-state index contributed by atoms with van der Waals surface area (Å²) in [4.78, 5) is 0. The molecule has 2 aromatic rings.